The number of anilines is 2. The van der Waals surface area contributed by atoms with Crippen molar-refractivity contribution in [1.82, 2.24) is 0 Å². The van der Waals surface area contributed by atoms with E-state index in [9.17, 15) is 5.26 Å². The molecule has 0 aromatic carbocycles. The third-order valence-electron chi connectivity index (χ3n) is 17.5. The number of hydrogen-bond acceptors (Lipinski definition) is 15. The number of thiocyanates is 1. The molecule has 442 valence electrons. The summed E-state index contributed by atoms with van der Waals surface area (Å²) < 4.78 is 33.1. The molecule has 0 spiro atoms. The number of nitriles is 1. The third-order valence-corrected chi connectivity index (χ3v) is 44.7. The molecule has 5 aromatic rings. The molecule has 9 heterocycles. The van der Waals surface area contributed by atoms with Gasteiger partial charge in [0.2, 0.25) is 0 Å². The van der Waals surface area contributed by atoms with Crippen LogP contribution in [-0.4, -0.2) is 64.5 Å². The first kappa shape index (κ1) is 63.3. The summed E-state index contributed by atoms with van der Waals surface area (Å²) in [5.74, 6) is 3.09. The van der Waals surface area contributed by atoms with Crippen LogP contribution in [0.3, 0.4) is 0 Å². The smallest absolute Gasteiger partial charge is 0.199 e. The molecule has 5 aromatic heterocycles. The molecular weight excluding hydrogens is 1200 g/mol. The standard InChI is InChI=1S/C62H92N4O4S7Si4/c1-11-13-15-17-19-21-23-25-27-29-31-45-41-47(57-51-53(69-35-33-67-51)61(76-57)64-44-71)73-55(45)59-49-50(66-80(7,8)39-37-78(3,4)65(49)79(5,6)38-40-81(66,9)10)60(75-59)56-46(32-30-28-26-24-22-20-18-16-14-12-2)42-48(74-56)58-52-54(70-36-34-68-52)62(77-58)72-43-63/h41-42H,11-40H2,1-10H3. The fraction of sp³-hybridized carbons (Fsp3) is 0.645. The minimum Gasteiger partial charge on any atom is -0.485 e. The molecule has 0 fully saturated rings. The fourth-order valence-electron chi connectivity index (χ4n) is 13.5. The largest absolute Gasteiger partial charge is 0.485 e. The van der Waals surface area contributed by atoms with Crippen molar-refractivity contribution in [2.24, 2.45) is 4.99 Å². The number of thiophene rings is 5. The summed E-state index contributed by atoms with van der Waals surface area (Å²) in [5.41, 5.74) is 6.14. The van der Waals surface area contributed by atoms with Gasteiger partial charge in [0.25, 0.3) is 0 Å². The molecule has 8 nitrogen and oxygen atoms in total. The Hall–Kier alpha value is -2.19. The summed E-state index contributed by atoms with van der Waals surface area (Å²) in [6, 6.07) is 10.4. The van der Waals surface area contributed by atoms with Gasteiger partial charge < -0.3 is 27.4 Å². The van der Waals surface area contributed by atoms with E-state index in [1.54, 1.807) is 34.0 Å². The number of fused-ring (bicyclic) bond motifs is 2. The van der Waals surface area contributed by atoms with Gasteiger partial charge in [-0.2, -0.15) is 10.3 Å². The number of isothiocyanates is 1. The van der Waals surface area contributed by atoms with Crippen molar-refractivity contribution in [3.8, 4) is 67.4 Å². The summed E-state index contributed by atoms with van der Waals surface area (Å²) in [4.78, 5) is 15.2. The maximum Gasteiger partial charge on any atom is 0.199 e. The Kier molecular flexibility index (Phi) is 22.3. The Morgan fingerprint density at radius 3 is 1.26 bits per heavy atom. The van der Waals surface area contributed by atoms with Gasteiger partial charge in [0.15, 0.2) is 28.0 Å². The van der Waals surface area contributed by atoms with E-state index in [-0.39, 0.29) is 0 Å². The lowest BCUT2D eigenvalue weighted by molar-refractivity contribution is 0.170. The molecule has 0 N–H and O–H groups in total. The number of rotatable bonds is 28. The van der Waals surface area contributed by atoms with Gasteiger partial charge in [-0.25, -0.2) is 0 Å². The van der Waals surface area contributed by atoms with E-state index in [2.05, 4.69) is 114 Å². The number of thioether (sulfide) groups is 1. The Morgan fingerprint density at radius 1 is 0.481 bits per heavy atom. The van der Waals surface area contributed by atoms with Gasteiger partial charge in [-0.3, -0.25) is 0 Å². The van der Waals surface area contributed by atoms with E-state index in [0.29, 0.717) is 32.2 Å². The van der Waals surface area contributed by atoms with Crippen LogP contribution in [0.1, 0.15) is 153 Å². The van der Waals surface area contributed by atoms with E-state index in [0.717, 1.165) is 49.1 Å². The Balaban J connectivity index is 1.24. The lowest BCUT2D eigenvalue weighted by atomic mass is 10.0. The fourth-order valence-corrected chi connectivity index (χ4v) is 49.4. The molecule has 4 aliphatic rings. The van der Waals surface area contributed by atoms with Gasteiger partial charge in [0.1, 0.15) is 69.0 Å². The molecule has 0 saturated heterocycles. The highest BCUT2D eigenvalue weighted by Gasteiger charge is 2.55. The van der Waals surface area contributed by atoms with E-state index < -0.39 is 32.9 Å². The minimum absolute atomic E-state index is 0.499. The highest BCUT2D eigenvalue weighted by atomic mass is 32.2. The first-order valence-corrected chi connectivity index (χ1v) is 49.0. The average molecular weight is 1290 g/mol. The van der Waals surface area contributed by atoms with Crippen molar-refractivity contribution in [1.29, 1.82) is 5.26 Å². The Morgan fingerprint density at radius 2 is 0.852 bits per heavy atom. The summed E-state index contributed by atoms with van der Waals surface area (Å²) in [7, 11) is -8.26. The van der Waals surface area contributed by atoms with Crippen LogP contribution >= 0.6 is 80.7 Å². The van der Waals surface area contributed by atoms with Gasteiger partial charge in [-0.05, 0) is 85.3 Å². The van der Waals surface area contributed by atoms with Crippen LogP contribution in [0, 0.1) is 10.7 Å². The second-order valence-electron chi connectivity index (χ2n) is 25.7. The van der Waals surface area contributed by atoms with E-state index >= 15 is 0 Å². The van der Waals surface area contributed by atoms with Crippen molar-refractivity contribution in [3.05, 3.63) is 23.3 Å². The second-order valence-corrected chi connectivity index (χ2v) is 51.3. The molecule has 0 amide bonds. The number of ether oxygens (including phenoxy) is 4. The zero-order valence-corrected chi connectivity index (χ0v) is 60.4. The van der Waals surface area contributed by atoms with Crippen LogP contribution in [-0.2, 0) is 12.8 Å². The third kappa shape index (κ3) is 14.5. The highest BCUT2D eigenvalue weighted by Crippen LogP contribution is 2.65. The normalized spacial score (nSPS) is 17.5. The lowest BCUT2D eigenvalue weighted by Gasteiger charge is -2.60. The van der Waals surface area contributed by atoms with Crippen LogP contribution in [0.5, 0.6) is 23.0 Å². The van der Waals surface area contributed by atoms with Crippen LogP contribution in [0.2, 0.25) is 76.6 Å². The summed E-state index contributed by atoms with van der Waals surface area (Å²) >= 11 is 15.9. The van der Waals surface area contributed by atoms with E-state index in [4.69, 9.17) is 31.2 Å². The van der Waals surface area contributed by atoms with Crippen LogP contribution in [0.25, 0.3) is 39.0 Å². The quantitative estimate of drug-likeness (QED) is 0.0121. The number of aryl methyl sites for hydroxylation is 2. The summed E-state index contributed by atoms with van der Waals surface area (Å²) in [6.45, 7) is 28.6. The van der Waals surface area contributed by atoms with Crippen LogP contribution in [0.4, 0.5) is 16.4 Å². The predicted octanol–water partition coefficient (Wildman–Crippen LogP) is 22.9. The lowest BCUT2D eigenvalue weighted by Crippen LogP contribution is -2.71. The van der Waals surface area contributed by atoms with Gasteiger partial charge in [0.05, 0.1) is 45.8 Å². The Bertz CT molecular complexity index is 2980. The zero-order chi connectivity index (χ0) is 57.4. The molecule has 2 bridgehead atoms. The minimum atomic E-state index is -2.07. The highest BCUT2D eigenvalue weighted by molar-refractivity contribution is 8.05. The first-order chi connectivity index (χ1) is 39.0. The maximum absolute atomic E-state index is 10.0. The SMILES string of the molecule is CCCCCCCCCCCCc1cc(-c2sc(N=C=S)c3c2OCCO3)sc1-c1sc(-c2sc(-c3sc(SC#N)c4c3OCCO4)cc2CCCCCCCCCCCC)c2c1N1[Si](C)(C)CC[Si](C)(C)N2[Si](C)(C)CC[Si]1(C)C. The molecule has 0 atom stereocenters. The molecule has 0 unspecified atom stereocenters. The monoisotopic (exact) mass is 1290 g/mol. The zero-order valence-electron chi connectivity index (χ0n) is 50.6. The van der Waals surface area contributed by atoms with Crippen molar-refractivity contribution >= 4 is 135 Å². The predicted molar refractivity (Wildman–Crippen MR) is 371 cm³/mol. The van der Waals surface area contributed by atoms with E-state index in [1.165, 1.54) is 205 Å². The number of thiocarbonyl (C=S) groups is 1. The van der Waals surface area contributed by atoms with Gasteiger partial charge in [-0.1, -0.05) is 182 Å². The van der Waals surface area contributed by atoms with Crippen LogP contribution in [0.15, 0.2) is 21.3 Å². The van der Waals surface area contributed by atoms with Crippen molar-refractivity contribution in [3.63, 3.8) is 0 Å². The molecule has 0 radical (unpaired) electrons. The molecule has 81 heavy (non-hydrogen) atoms. The number of aliphatic imine (C=N–C) groups is 1. The topological polar surface area (TPSA) is 79.5 Å². The molecule has 0 aliphatic carbocycles. The van der Waals surface area contributed by atoms with Gasteiger partial charge >= 0.3 is 0 Å². The molecule has 19 heteroatoms. The number of nitrogens with zero attached hydrogens (tertiary/aromatic N) is 4. The number of hydrogen-bond donors (Lipinski definition) is 0. The molecule has 0 saturated carbocycles. The maximum atomic E-state index is 10.0. The van der Waals surface area contributed by atoms with Crippen LogP contribution < -0.4 is 27.4 Å². The molecule has 4 aliphatic heterocycles. The summed E-state index contributed by atoms with van der Waals surface area (Å²) in [5, 5.41) is 15.8. The van der Waals surface area contributed by atoms with Crippen molar-refractivity contribution in [2.75, 3.05) is 34.9 Å². The van der Waals surface area contributed by atoms with E-state index in [1.807, 2.05) is 22.7 Å². The van der Waals surface area contributed by atoms with Gasteiger partial charge in [-0.15, -0.1) is 56.7 Å². The second kappa shape index (κ2) is 28.5. The molecular formula is C62H92N4O4S7Si4. The van der Waals surface area contributed by atoms with Crippen molar-refractivity contribution in [2.45, 2.75) is 236 Å². The summed E-state index contributed by atoms with van der Waals surface area (Å²) in [6.07, 6.45) is 28.5. The van der Waals surface area contributed by atoms with Gasteiger partial charge in [0, 0.05) is 21.5 Å². The molecule has 9 rings (SSSR count). The average Bonchev–Trinajstić information content (AvgIpc) is 2.26. The first-order valence-electron chi connectivity index (χ1n) is 31.1. The Labute approximate surface area is 521 Å². The number of unbranched alkanes of at least 4 members (excludes halogenated alkanes) is 18. The van der Waals surface area contributed by atoms with Crippen molar-refractivity contribution < 1.29 is 18.9 Å².